The second kappa shape index (κ2) is 9.97. The highest BCUT2D eigenvalue weighted by Crippen LogP contribution is 2.30. The third-order valence-electron chi connectivity index (χ3n) is 4.85. The van der Waals surface area contributed by atoms with Gasteiger partial charge in [0.15, 0.2) is 0 Å². The Bertz CT molecular complexity index is 1350. The van der Waals surface area contributed by atoms with E-state index in [4.69, 9.17) is 27.9 Å². The molecule has 4 rings (SSSR count). The zero-order valence-electron chi connectivity index (χ0n) is 17.2. The van der Waals surface area contributed by atoms with Crippen LogP contribution in [0.15, 0.2) is 70.7 Å². The number of barbiturate groups is 1. The van der Waals surface area contributed by atoms with Gasteiger partial charge in [-0.2, -0.15) is 0 Å². The van der Waals surface area contributed by atoms with E-state index in [9.17, 15) is 18.8 Å². The van der Waals surface area contributed by atoms with Crippen molar-refractivity contribution >= 4 is 68.7 Å². The molecule has 1 aliphatic rings. The highest BCUT2D eigenvalue weighted by molar-refractivity contribution is 9.10. The molecule has 0 saturated carbocycles. The molecule has 0 aliphatic carbocycles. The Morgan fingerprint density at radius 2 is 1.74 bits per heavy atom. The van der Waals surface area contributed by atoms with Crippen LogP contribution in [0.2, 0.25) is 10.0 Å². The second-order valence-electron chi connectivity index (χ2n) is 7.15. The van der Waals surface area contributed by atoms with Gasteiger partial charge in [-0.3, -0.25) is 14.9 Å². The number of amides is 4. The lowest BCUT2D eigenvalue weighted by molar-refractivity contribution is -0.122. The van der Waals surface area contributed by atoms with Gasteiger partial charge in [-0.1, -0.05) is 35.3 Å². The number of halogens is 4. The number of imide groups is 2. The predicted molar refractivity (Wildman–Crippen MR) is 130 cm³/mol. The molecule has 1 N–H and O–H groups in total. The molecule has 34 heavy (non-hydrogen) atoms. The molecule has 0 aromatic heterocycles. The number of anilines is 1. The first-order chi connectivity index (χ1) is 16.2. The summed E-state index contributed by atoms with van der Waals surface area (Å²) in [5.74, 6) is -1.67. The lowest BCUT2D eigenvalue weighted by Crippen LogP contribution is -2.54. The van der Waals surface area contributed by atoms with Crippen LogP contribution in [0.25, 0.3) is 6.08 Å². The van der Waals surface area contributed by atoms with Crippen molar-refractivity contribution in [3.8, 4) is 5.75 Å². The van der Waals surface area contributed by atoms with Crippen LogP contribution in [0, 0.1) is 5.82 Å². The maximum Gasteiger partial charge on any atom is 0.335 e. The monoisotopic (exact) mass is 562 g/mol. The van der Waals surface area contributed by atoms with Crippen molar-refractivity contribution in [1.82, 2.24) is 5.32 Å². The summed E-state index contributed by atoms with van der Waals surface area (Å²) in [6, 6.07) is 13.9. The molecular formula is C24H14BrCl2FN2O4. The van der Waals surface area contributed by atoms with E-state index < -0.39 is 23.7 Å². The first-order valence-corrected chi connectivity index (χ1v) is 11.3. The molecule has 0 bridgehead atoms. The van der Waals surface area contributed by atoms with Crippen LogP contribution in [-0.4, -0.2) is 17.8 Å². The van der Waals surface area contributed by atoms with Crippen LogP contribution in [0.4, 0.5) is 14.9 Å². The fourth-order valence-electron chi connectivity index (χ4n) is 3.17. The summed E-state index contributed by atoms with van der Waals surface area (Å²) < 4.78 is 19.6. The zero-order valence-corrected chi connectivity index (χ0v) is 20.2. The Labute approximate surface area is 212 Å². The largest absolute Gasteiger partial charge is 0.488 e. The van der Waals surface area contributed by atoms with Crippen molar-refractivity contribution in [2.24, 2.45) is 0 Å². The average Bonchev–Trinajstić information content (AvgIpc) is 2.78. The maximum absolute atomic E-state index is 13.2. The molecule has 3 aromatic carbocycles. The lowest BCUT2D eigenvalue weighted by atomic mass is 10.1. The summed E-state index contributed by atoms with van der Waals surface area (Å²) in [5, 5.41) is 3.12. The molecule has 0 radical (unpaired) electrons. The van der Waals surface area contributed by atoms with Gasteiger partial charge in [0.25, 0.3) is 11.8 Å². The Balaban J connectivity index is 1.55. The molecule has 0 unspecified atom stereocenters. The van der Waals surface area contributed by atoms with E-state index in [0.717, 1.165) is 22.6 Å². The number of ether oxygens (including phenoxy) is 1. The van der Waals surface area contributed by atoms with Crippen LogP contribution in [0.1, 0.15) is 11.1 Å². The van der Waals surface area contributed by atoms with Crippen LogP contribution in [0.5, 0.6) is 5.75 Å². The minimum atomic E-state index is -0.912. The third-order valence-corrected chi connectivity index (χ3v) is 6.06. The van der Waals surface area contributed by atoms with Gasteiger partial charge in [0.05, 0.1) is 10.2 Å². The number of nitrogens with one attached hydrogen (secondary N) is 1. The highest BCUT2D eigenvalue weighted by Gasteiger charge is 2.36. The summed E-state index contributed by atoms with van der Waals surface area (Å²) in [5.41, 5.74) is 1.14. The number of urea groups is 1. The van der Waals surface area contributed by atoms with Gasteiger partial charge in [-0.25, -0.2) is 14.1 Å². The zero-order chi connectivity index (χ0) is 24.4. The van der Waals surface area contributed by atoms with E-state index in [1.54, 1.807) is 36.4 Å². The molecule has 0 atom stereocenters. The van der Waals surface area contributed by atoms with E-state index in [0.29, 0.717) is 25.8 Å². The normalized spacial score (nSPS) is 15.0. The summed E-state index contributed by atoms with van der Waals surface area (Å²) in [7, 11) is 0. The highest BCUT2D eigenvalue weighted by atomic mass is 79.9. The van der Waals surface area contributed by atoms with Gasteiger partial charge in [0.2, 0.25) is 0 Å². The molecular weight excluding hydrogens is 550 g/mol. The maximum atomic E-state index is 13.2. The van der Waals surface area contributed by atoms with E-state index in [-0.39, 0.29) is 17.9 Å². The minimum Gasteiger partial charge on any atom is -0.488 e. The molecule has 10 heteroatoms. The molecule has 1 heterocycles. The van der Waals surface area contributed by atoms with Crippen molar-refractivity contribution in [3.63, 3.8) is 0 Å². The fourth-order valence-corrected chi connectivity index (χ4v) is 4.14. The Kier molecular flexibility index (Phi) is 7.02. The van der Waals surface area contributed by atoms with Gasteiger partial charge in [0.1, 0.15) is 23.7 Å². The lowest BCUT2D eigenvalue weighted by Gasteiger charge is -2.26. The topological polar surface area (TPSA) is 75.7 Å². The van der Waals surface area contributed by atoms with Crippen molar-refractivity contribution in [3.05, 3.63) is 97.7 Å². The number of carbonyl (C=O) groups excluding carboxylic acids is 3. The van der Waals surface area contributed by atoms with E-state index in [2.05, 4.69) is 21.2 Å². The summed E-state index contributed by atoms with van der Waals surface area (Å²) in [4.78, 5) is 38.3. The quantitative estimate of drug-likeness (QED) is 0.299. The van der Waals surface area contributed by atoms with Crippen LogP contribution in [0.3, 0.4) is 0 Å². The van der Waals surface area contributed by atoms with Crippen LogP contribution < -0.4 is 15.0 Å². The molecule has 0 spiro atoms. The number of rotatable bonds is 5. The van der Waals surface area contributed by atoms with Crippen molar-refractivity contribution < 1.29 is 23.5 Å². The third kappa shape index (κ3) is 5.14. The Morgan fingerprint density at radius 3 is 2.41 bits per heavy atom. The predicted octanol–water partition coefficient (Wildman–Crippen LogP) is 6.14. The number of nitrogens with zero attached hydrogens (tertiary/aromatic N) is 1. The van der Waals surface area contributed by atoms with Crippen molar-refractivity contribution in [1.29, 1.82) is 0 Å². The van der Waals surface area contributed by atoms with Gasteiger partial charge in [-0.05, 0) is 76.1 Å². The Morgan fingerprint density at radius 1 is 1.00 bits per heavy atom. The second-order valence-corrected chi connectivity index (χ2v) is 8.85. The molecule has 6 nitrogen and oxygen atoms in total. The van der Waals surface area contributed by atoms with E-state index in [1.807, 2.05) is 0 Å². The number of hydrogen-bond donors (Lipinski definition) is 1. The molecule has 1 fully saturated rings. The Hall–Kier alpha value is -3.20. The van der Waals surface area contributed by atoms with E-state index in [1.165, 1.54) is 18.2 Å². The van der Waals surface area contributed by atoms with Gasteiger partial charge in [0, 0.05) is 15.6 Å². The SMILES string of the molecule is O=C1NC(=O)N(c2ccc(F)cc2)C(=O)/C1=C/c1ccc(OCc2ccc(Cl)cc2Cl)c(Br)c1. The standard InChI is InChI=1S/C24H14BrCl2FN2O4/c25-19-10-13(1-8-21(19)34-12-14-2-3-15(26)11-20(14)27)9-18-22(31)29-24(33)30(23(18)32)17-6-4-16(28)5-7-17/h1-11H,12H2,(H,29,31,33)/b18-9+. The van der Waals surface area contributed by atoms with Crippen molar-refractivity contribution in [2.75, 3.05) is 4.90 Å². The van der Waals surface area contributed by atoms with E-state index >= 15 is 0 Å². The molecule has 1 aliphatic heterocycles. The molecule has 172 valence electrons. The average molecular weight is 564 g/mol. The summed E-state index contributed by atoms with van der Waals surface area (Å²) in [6.07, 6.45) is 1.35. The van der Waals surface area contributed by atoms with Crippen LogP contribution >= 0.6 is 39.1 Å². The first-order valence-electron chi connectivity index (χ1n) is 9.76. The number of carbonyl (C=O) groups is 3. The molecule has 4 amide bonds. The van der Waals surface area contributed by atoms with Gasteiger partial charge in [-0.15, -0.1) is 0 Å². The minimum absolute atomic E-state index is 0.132. The fraction of sp³-hybridized carbons (Fsp3) is 0.0417. The first kappa shape index (κ1) is 23.9. The summed E-state index contributed by atoms with van der Waals surface area (Å²) >= 11 is 15.5. The number of benzene rings is 3. The molecule has 1 saturated heterocycles. The summed E-state index contributed by atoms with van der Waals surface area (Å²) in [6.45, 7) is 0.199. The van der Waals surface area contributed by atoms with Crippen LogP contribution in [-0.2, 0) is 16.2 Å². The smallest absolute Gasteiger partial charge is 0.335 e. The van der Waals surface area contributed by atoms with Gasteiger partial charge < -0.3 is 4.74 Å². The number of hydrogen-bond acceptors (Lipinski definition) is 4. The van der Waals surface area contributed by atoms with Crippen molar-refractivity contribution in [2.45, 2.75) is 6.61 Å². The van der Waals surface area contributed by atoms with Gasteiger partial charge >= 0.3 is 6.03 Å². The molecule has 3 aromatic rings.